The number of ether oxygens (including phenoxy) is 1. The number of anilines is 2. The van der Waals surface area contributed by atoms with Gasteiger partial charge in [0.05, 0.1) is 35.7 Å². The summed E-state index contributed by atoms with van der Waals surface area (Å²) in [5, 5.41) is 4.95. The highest BCUT2D eigenvalue weighted by Gasteiger charge is 2.18. The minimum absolute atomic E-state index is 0.356. The van der Waals surface area contributed by atoms with Gasteiger partial charge in [0.1, 0.15) is 5.82 Å². The molecule has 30 heavy (non-hydrogen) atoms. The Morgan fingerprint density at radius 1 is 1.37 bits per heavy atom. The molecule has 1 fully saturated rings. The van der Waals surface area contributed by atoms with Gasteiger partial charge in [-0.3, -0.25) is 9.78 Å². The Balaban J connectivity index is 1.84. The van der Waals surface area contributed by atoms with E-state index in [1.54, 1.807) is 23.4 Å². The number of halogens is 1. The van der Waals surface area contributed by atoms with E-state index in [0.717, 1.165) is 0 Å². The van der Waals surface area contributed by atoms with Crippen LogP contribution in [-0.2, 0) is 4.74 Å². The van der Waals surface area contributed by atoms with Gasteiger partial charge in [-0.2, -0.15) is 0 Å². The van der Waals surface area contributed by atoms with Crippen LogP contribution in [0.15, 0.2) is 42.8 Å². The van der Waals surface area contributed by atoms with Gasteiger partial charge < -0.3 is 20.4 Å². The quantitative estimate of drug-likeness (QED) is 0.228. The van der Waals surface area contributed by atoms with E-state index in [4.69, 9.17) is 11.2 Å². The Morgan fingerprint density at radius 3 is 2.90 bits per heavy atom. The maximum atomic E-state index is 14.9. The minimum atomic E-state index is -0.356. The van der Waals surface area contributed by atoms with Crippen molar-refractivity contribution in [1.29, 1.82) is 0 Å². The minimum Gasteiger partial charge on any atom is -0.378 e. The number of pyridine rings is 1. The molecule has 2 N–H and O–H groups in total. The van der Waals surface area contributed by atoms with Crippen LogP contribution in [0.4, 0.5) is 15.8 Å². The fraction of sp³-hybridized carbons (Fsp3) is 0.273. The summed E-state index contributed by atoms with van der Waals surface area (Å²) in [7, 11) is 1.83. The number of carbonyl (C=O) groups excluding carboxylic acids is 1. The van der Waals surface area contributed by atoms with E-state index >= 15 is 0 Å². The van der Waals surface area contributed by atoms with Crippen LogP contribution in [0.25, 0.3) is 10.9 Å². The van der Waals surface area contributed by atoms with Crippen LogP contribution in [0.5, 0.6) is 0 Å². The molecule has 2 heterocycles. The molecule has 1 aromatic carbocycles. The zero-order valence-electron chi connectivity index (χ0n) is 16.8. The number of benzene rings is 1. The summed E-state index contributed by atoms with van der Waals surface area (Å²) in [6, 6.07) is 5.44. The average Bonchev–Trinajstić information content (AvgIpc) is 2.77. The number of aldehydes is 1. The SMILES string of the molecule is C#CN/C=C\C=C/CN(C)Nc1c(C=O)cnc2cc(N3CCOCC3)c(F)cc12. The number of morpholine rings is 1. The van der Waals surface area contributed by atoms with Gasteiger partial charge in [0.25, 0.3) is 0 Å². The van der Waals surface area contributed by atoms with Crippen molar-refractivity contribution in [1.82, 2.24) is 15.3 Å². The third-order valence-corrected chi connectivity index (χ3v) is 4.64. The number of likely N-dealkylation sites (N-methyl/N-ethyl adjacent to an activating group) is 1. The molecule has 0 bridgehead atoms. The van der Waals surface area contributed by atoms with E-state index in [0.29, 0.717) is 67.0 Å². The smallest absolute Gasteiger partial charge is 0.153 e. The molecule has 0 atom stereocenters. The summed E-state index contributed by atoms with van der Waals surface area (Å²) in [4.78, 5) is 17.9. The lowest BCUT2D eigenvalue weighted by atomic mass is 10.1. The Labute approximate surface area is 175 Å². The average molecular weight is 409 g/mol. The summed E-state index contributed by atoms with van der Waals surface area (Å²) in [5.74, 6) is -0.356. The number of rotatable bonds is 8. The number of aromatic nitrogens is 1. The number of carbonyl (C=O) groups is 1. The number of nitrogens with zero attached hydrogens (tertiary/aromatic N) is 3. The van der Waals surface area contributed by atoms with E-state index in [2.05, 4.69) is 21.8 Å². The monoisotopic (exact) mass is 409 g/mol. The number of hydrogen-bond donors (Lipinski definition) is 2. The number of allylic oxidation sites excluding steroid dienone is 2. The second kappa shape index (κ2) is 10.4. The number of hydrogen-bond acceptors (Lipinski definition) is 7. The van der Waals surface area contributed by atoms with Crippen molar-refractivity contribution in [2.45, 2.75) is 0 Å². The molecule has 0 aliphatic carbocycles. The predicted octanol–water partition coefficient (Wildman–Crippen LogP) is 2.53. The fourth-order valence-electron chi connectivity index (χ4n) is 3.16. The van der Waals surface area contributed by atoms with Crippen molar-refractivity contribution < 1.29 is 13.9 Å². The van der Waals surface area contributed by atoms with Crippen LogP contribution < -0.4 is 15.6 Å². The highest BCUT2D eigenvalue weighted by Crippen LogP contribution is 2.31. The second-order valence-electron chi connectivity index (χ2n) is 6.69. The fourth-order valence-corrected chi connectivity index (χ4v) is 3.16. The summed E-state index contributed by atoms with van der Waals surface area (Å²) in [6.45, 7) is 2.92. The van der Waals surface area contributed by atoms with E-state index in [1.807, 2.05) is 24.1 Å². The Bertz CT molecular complexity index is 993. The third kappa shape index (κ3) is 5.14. The van der Waals surface area contributed by atoms with Crippen molar-refractivity contribution in [2.24, 2.45) is 0 Å². The van der Waals surface area contributed by atoms with Crippen LogP contribution >= 0.6 is 0 Å². The van der Waals surface area contributed by atoms with E-state index in [9.17, 15) is 9.18 Å². The normalized spacial score (nSPS) is 14.5. The number of terminal acetylenes is 1. The molecule has 0 amide bonds. The van der Waals surface area contributed by atoms with Gasteiger partial charge in [0.15, 0.2) is 6.29 Å². The van der Waals surface area contributed by atoms with Crippen molar-refractivity contribution in [3.8, 4) is 12.5 Å². The molecule has 3 rings (SSSR count). The molecule has 1 saturated heterocycles. The first-order valence-electron chi connectivity index (χ1n) is 9.54. The van der Waals surface area contributed by atoms with Gasteiger partial charge in [0.2, 0.25) is 0 Å². The first-order chi connectivity index (χ1) is 14.6. The van der Waals surface area contributed by atoms with Gasteiger partial charge in [-0.15, -0.1) is 0 Å². The van der Waals surface area contributed by atoms with E-state index in [-0.39, 0.29) is 5.82 Å². The molecule has 0 saturated carbocycles. The van der Waals surface area contributed by atoms with Crippen LogP contribution in [-0.4, -0.2) is 56.2 Å². The highest BCUT2D eigenvalue weighted by molar-refractivity contribution is 6.01. The molecule has 2 aromatic rings. The summed E-state index contributed by atoms with van der Waals surface area (Å²) >= 11 is 0. The molecular formula is C22H24FN5O2. The molecule has 1 aromatic heterocycles. The van der Waals surface area contributed by atoms with Crippen molar-refractivity contribution >= 4 is 28.6 Å². The summed E-state index contributed by atoms with van der Waals surface area (Å²) in [5.41, 5.74) is 5.15. The Hall–Kier alpha value is -3.41. The molecule has 156 valence electrons. The second-order valence-corrected chi connectivity index (χ2v) is 6.69. The summed E-state index contributed by atoms with van der Waals surface area (Å²) < 4.78 is 20.3. The van der Waals surface area contributed by atoms with E-state index < -0.39 is 0 Å². The molecule has 0 radical (unpaired) electrons. The van der Waals surface area contributed by atoms with Gasteiger partial charge >= 0.3 is 0 Å². The van der Waals surface area contributed by atoms with Crippen molar-refractivity contribution in [2.75, 3.05) is 50.2 Å². The predicted molar refractivity (Wildman–Crippen MR) is 117 cm³/mol. The molecule has 1 aliphatic rings. The topological polar surface area (TPSA) is 69.7 Å². The largest absolute Gasteiger partial charge is 0.378 e. The molecule has 0 unspecified atom stereocenters. The Kier molecular flexibility index (Phi) is 7.38. The number of nitrogens with one attached hydrogen (secondary N) is 2. The van der Waals surface area contributed by atoms with Gasteiger partial charge in [-0.1, -0.05) is 18.6 Å². The third-order valence-electron chi connectivity index (χ3n) is 4.64. The van der Waals surface area contributed by atoms with Gasteiger partial charge in [-0.05, 0) is 18.2 Å². The number of fused-ring (bicyclic) bond motifs is 1. The van der Waals surface area contributed by atoms with Crippen LogP contribution in [0, 0.1) is 18.3 Å². The van der Waals surface area contributed by atoms with Crippen LogP contribution in [0.2, 0.25) is 0 Å². The van der Waals surface area contributed by atoms with Gasteiger partial charge in [0, 0.05) is 50.5 Å². The Morgan fingerprint density at radius 2 is 2.17 bits per heavy atom. The molecule has 7 nitrogen and oxygen atoms in total. The highest BCUT2D eigenvalue weighted by atomic mass is 19.1. The first-order valence-corrected chi connectivity index (χ1v) is 9.54. The number of hydrazine groups is 1. The van der Waals surface area contributed by atoms with Crippen LogP contribution in [0.3, 0.4) is 0 Å². The lowest BCUT2D eigenvalue weighted by Gasteiger charge is -2.29. The molecule has 0 spiro atoms. The maximum Gasteiger partial charge on any atom is 0.153 e. The lowest BCUT2D eigenvalue weighted by molar-refractivity contribution is 0.112. The lowest BCUT2D eigenvalue weighted by Crippen LogP contribution is -2.36. The summed E-state index contributed by atoms with van der Waals surface area (Å²) in [6.07, 6.45) is 14.4. The van der Waals surface area contributed by atoms with Crippen molar-refractivity contribution in [3.05, 3.63) is 54.1 Å². The van der Waals surface area contributed by atoms with E-state index in [1.165, 1.54) is 12.3 Å². The standard InChI is InChI=1S/C22H24FN5O2/c1-3-24-7-5-4-6-8-27(2)26-22-17(16-29)15-25-20-14-21(19(23)13-18(20)22)28-9-11-30-12-10-28/h1,4-7,13-16,24H,8-12H2,2H3,(H,25,26)/b6-4-,7-5-. The maximum absolute atomic E-state index is 14.9. The molecule has 1 aliphatic heterocycles. The zero-order chi connectivity index (χ0) is 21.3. The first kappa shape index (κ1) is 21.3. The van der Waals surface area contributed by atoms with Gasteiger partial charge in [-0.25, -0.2) is 9.40 Å². The molecule has 8 heteroatoms. The molecular weight excluding hydrogens is 385 g/mol. The van der Waals surface area contributed by atoms with Crippen LogP contribution in [0.1, 0.15) is 10.4 Å². The van der Waals surface area contributed by atoms with Crippen molar-refractivity contribution in [3.63, 3.8) is 0 Å². The zero-order valence-corrected chi connectivity index (χ0v) is 16.8.